The van der Waals surface area contributed by atoms with Crippen LogP contribution in [0.1, 0.15) is 11.5 Å². The standard InChI is InChI=1S/C31H28N2OP.HI/c1-33(2)31-30(32-29(34-31)24-23-25-15-7-3-8-16-25)35(26-17-9-4-10-18-26,27-19-11-5-12-20-27)28-21-13-6-14-22-28;/h3-24H,1-2H3;1H/q+1;/b24-23+;. The molecule has 0 spiro atoms. The van der Waals surface area contributed by atoms with Gasteiger partial charge in [-0.05, 0) is 48.0 Å². The van der Waals surface area contributed by atoms with Gasteiger partial charge in [-0.25, -0.2) is 0 Å². The molecular weight excluding hydrogens is 574 g/mol. The number of hydrogen-bond donors (Lipinski definition) is 0. The van der Waals surface area contributed by atoms with Crippen molar-refractivity contribution in [2.75, 3.05) is 19.0 Å². The van der Waals surface area contributed by atoms with Crippen molar-refractivity contribution in [2.45, 2.75) is 0 Å². The second-order valence-electron chi connectivity index (χ2n) is 8.50. The number of nitrogens with zero attached hydrogens (tertiary/aromatic N) is 2. The predicted molar refractivity (Wildman–Crippen MR) is 166 cm³/mol. The first kappa shape index (κ1) is 25.9. The van der Waals surface area contributed by atoms with Crippen molar-refractivity contribution in [1.82, 2.24) is 4.98 Å². The van der Waals surface area contributed by atoms with E-state index in [4.69, 9.17) is 9.40 Å². The van der Waals surface area contributed by atoms with Crippen molar-refractivity contribution in [1.29, 1.82) is 0 Å². The number of benzene rings is 4. The van der Waals surface area contributed by atoms with Crippen LogP contribution in [0.25, 0.3) is 12.2 Å². The molecular formula is C31H29IN2OP+. The second-order valence-corrected chi connectivity index (χ2v) is 11.8. The first-order valence-electron chi connectivity index (χ1n) is 11.7. The number of oxazole rings is 1. The van der Waals surface area contributed by atoms with Crippen molar-refractivity contribution in [2.24, 2.45) is 0 Å². The van der Waals surface area contributed by atoms with Crippen LogP contribution in [-0.4, -0.2) is 19.1 Å². The number of halogens is 1. The normalized spacial score (nSPS) is 11.3. The fourth-order valence-electron chi connectivity index (χ4n) is 4.40. The Balaban J connectivity index is 0.00000304. The Labute approximate surface area is 230 Å². The number of aromatic nitrogens is 1. The summed E-state index contributed by atoms with van der Waals surface area (Å²) in [6.45, 7) is 0. The van der Waals surface area contributed by atoms with Crippen LogP contribution in [0.5, 0.6) is 0 Å². The summed E-state index contributed by atoms with van der Waals surface area (Å²) < 4.78 is 6.42. The van der Waals surface area contributed by atoms with Crippen LogP contribution in [0.3, 0.4) is 0 Å². The third-order valence-corrected chi connectivity index (χ3v) is 10.1. The molecule has 4 aromatic carbocycles. The molecule has 5 rings (SSSR count). The highest BCUT2D eigenvalue weighted by Crippen LogP contribution is 2.55. The van der Waals surface area contributed by atoms with E-state index in [0.29, 0.717) is 5.89 Å². The van der Waals surface area contributed by atoms with E-state index in [1.54, 1.807) is 0 Å². The maximum atomic E-state index is 6.42. The van der Waals surface area contributed by atoms with E-state index >= 15 is 0 Å². The zero-order valence-electron chi connectivity index (χ0n) is 20.4. The lowest BCUT2D eigenvalue weighted by molar-refractivity contribution is 0.546. The fraction of sp³-hybridized carbons (Fsp3) is 0.0645. The average Bonchev–Trinajstić information content (AvgIpc) is 3.35. The van der Waals surface area contributed by atoms with Gasteiger partial charge < -0.3 is 9.32 Å². The molecule has 0 N–H and O–H groups in total. The van der Waals surface area contributed by atoms with Gasteiger partial charge in [-0.2, -0.15) is 4.98 Å². The van der Waals surface area contributed by atoms with Gasteiger partial charge in [0.25, 0.3) is 11.3 Å². The molecule has 1 aromatic heterocycles. The summed E-state index contributed by atoms with van der Waals surface area (Å²) in [5.41, 5.74) is 2.08. The van der Waals surface area contributed by atoms with E-state index in [-0.39, 0.29) is 24.0 Å². The highest BCUT2D eigenvalue weighted by atomic mass is 127. The SMILES string of the molecule is CN(C)c1oc(/C=C/c2ccccc2)nc1[P+](c1ccccc1)(c1ccccc1)c1ccccc1.I. The first-order valence-corrected chi connectivity index (χ1v) is 13.5. The average molecular weight is 603 g/mol. The van der Waals surface area contributed by atoms with Crippen molar-refractivity contribution in [3.05, 3.63) is 133 Å². The third-order valence-electron chi connectivity index (χ3n) is 5.98. The van der Waals surface area contributed by atoms with E-state index in [1.165, 1.54) is 15.9 Å². The quantitative estimate of drug-likeness (QED) is 0.165. The zero-order valence-corrected chi connectivity index (χ0v) is 23.6. The van der Waals surface area contributed by atoms with Gasteiger partial charge in [0.05, 0.1) is 0 Å². The summed E-state index contributed by atoms with van der Waals surface area (Å²) in [7, 11) is 1.68. The summed E-state index contributed by atoms with van der Waals surface area (Å²) in [4.78, 5) is 7.24. The Morgan fingerprint density at radius 1 is 0.611 bits per heavy atom. The Morgan fingerprint density at radius 2 is 1.03 bits per heavy atom. The van der Waals surface area contributed by atoms with Gasteiger partial charge in [-0.3, -0.25) is 0 Å². The molecule has 0 radical (unpaired) electrons. The van der Waals surface area contributed by atoms with Gasteiger partial charge in [0.2, 0.25) is 5.89 Å². The van der Waals surface area contributed by atoms with Crippen molar-refractivity contribution in [3.63, 3.8) is 0 Å². The van der Waals surface area contributed by atoms with E-state index < -0.39 is 7.26 Å². The van der Waals surface area contributed by atoms with Gasteiger partial charge in [-0.1, -0.05) is 84.9 Å². The molecule has 36 heavy (non-hydrogen) atoms. The molecule has 0 amide bonds. The van der Waals surface area contributed by atoms with Crippen LogP contribution in [0.2, 0.25) is 0 Å². The molecule has 0 bridgehead atoms. The maximum Gasteiger partial charge on any atom is 0.262 e. The minimum absolute atomic E-state index is 0. The molecule has 0 saturated carbocycles. The van der Waals surface area contributed by atoms with Crippen LogP contribution in [0.4, 0.5) is 5.88 Å². The van der Waals surface area contributed by atoms with Crippen LogP contribution in [0, 0.1) is 0 Å². The molecule has 0 aliphatic rings. The Bertz CT molecular complexity index is 1310. The Hall–Kier alpha value is -3.21. The summed E-state index contributed by atoms with van der Waals surface area (Å²) in [6, 6.07) is 42.4. The third kappa shape index (κ3) is 5.02. The van der Waals surface area contributed by atoms with Gasteiger partial charge in [0.15, 0.2) is 7.26 Å². The zero-order chi connectivity index (χ0) is 24.1. The molecule has 0 unspecified atom stereocenters. The molecule has 0 aliphatic carbocycles. The van der Waals surface area contributed by atoms with Crippen LogP contribution < -0.4 is 26.2 Å². The van der Waals surface area contributed by atoms with Gasteiger partial charge >= 0.3 is 0 Å². The molecule has 0 saturated heterocycles. The minimum atomic E-state index is -2.35. The van der Waals surface area contributed by atoms with E-state index in [9.17, 15) is 0 Å². The molecule has 3 nitrogen and oxygen atoms in total. The summed E-state index contributed by atoms with van der Waals surface area (Å²) in [5.74, 6) is 1.38. The van der Waals surface area contributed by atoms with Gasteiger partial charge in [0, 0.05) is 20.2 Å². The van der Waals surface area contributed by atoms with Gasteiger partial charge in [-0.15, -0.1) is 24.0 Å². The van der Waals surface area contributed by atoms with Crippen molar-refractivity contribution in [3.8, 4) is 0 Å². The Morgan fingerprint density at radius 3 is 1.44 bits per heavy atom. The van der Waals surface area contributed by atoms with Crippen molar-refractivity contribution < 1.29 is 4.42 Å². The largest absolute Gasteiger partial charge is 0.417 e. The van der Waals surface area contributed by atoms with E-state index in [1.807, 2.05) is 49.3 Å². The Kier molecular flexibility index (Phi) is 8.40. The molecule has 1 heterocycles. The summed E-state index contributed by atoms with van der Waals surface area (Å²) >= 11 is 0. The monoisotopic (exact) mass is 603 g/mol. The summed E-state index contributed by atoms with van der Waals surface area (Å²) in [6.07, 6.45) is 4.00. The van der Waals surface area contributed by atoms with Crippen LogP contribution >= 0.6 is 31.2 Å². The lowest BCUT2D eigenvalue weighted by atomic mass is 10.2. The van der Waals surface area contributed by atoms with Crippen molar-refractivity contribution >= 4 is 70.6 Å². The highest BCUT2D eigenvalue weighted by molar-refractivity contribution is 14.0. The second kappa shape index (κ2) is 11.7. The molecule has 0 atom stereocenters. The first-order chi connectivity index (χ1) is 17.2. The van der Waals surface area contributed by atoms with E-state index in [2.05, 4.69) is 103 Å². The van der Waals surface area contributed by atoms with E-state index in [0.717, 1.165) is 16.9 Å². The molecule has 0 aliphatic heterocycles. The smallest absolute Gasteiger partial charge is 0.262 e. The molecule has 0 fully saturated rings. The number of hydrogen-bond acceptors (Lipinski definition) is 3. The molecule has 5 aromatic rings. The topological polar surface area (TPSA) is 29.3 Å². The van der Waals surface area contributed by atoms with Crippen LogP contribution in [0.15, 0.2) is 126 Å². The fourth-order valence-corrected chi connectivity index (χ4v) is 8.67. The highest BCUT2D eigenvalue weighted by Gasteiger charge is 2.53. The van der Waals surface area contributed by atoms with Crippen LogP contribution in [-0.2, 0) is 0 Å². The molecule has 5 heteroatoms. The number of rotatable bonds is 7. The maximum absolute atomic E-state index is 6.42. The summed E-state index contributed by atoms with van der Waals surface area (Å²) in [5, 5.41) is 3.73. The molecule has 180 valence electrons. The number of anilines is 1. The van der Waals surface area contributed by atoms with Gasteiger partial charge in [0.1, 0.15) is 15.9 Å². The predicted octanol–water partition coefficient (Wildman–Crippen LogP) is 6.15. The minimum Gasteiger partial charge on any atom is -0.417 e. The lowest BCUT2D eigenvalue weighted by Crippen LogP contribution is -2.40. The lowest BCUT2D eigenvalue weighted by Gasteiger charge is -2.26.